The van der Waals surface area contributed by atoms with E-state index in [-0.39, 0.29) is 0 Å². The van der Waals surface area contributed by atoms with Gasteiger partial charge in [-0.25, -0.2) is 17.7 Å². The van der Waals surface area contributed by atoms with Gasteiger partial charge >= 0.3 is 0 Å². The average molecular weight is 191 g/mol. The van der Waals surface area contributed by atoms with Crippen molar-refractivity contribution in [1.29, 1.82) is 0 Å². The third-order valence-electron chi connectivity index (χ3n) is 2.73. The molecule has 0 bridgehead atoms. The van der Waals surface area contributed by atoms with Gasteiger partial charge in [0, 0.05) is 26.2 Å². The summed E-state index contributed by atoms with van der Waals surface area (Å²) >= 11 is 0. The van der Waals surface area contributed by atoms with E-state index in [0.29, 0.717) is 24.9 Å². The first-order chi connectivity index (χ1) is 5.66. The summed E-state index contributed by atoms with van der Waals surface area (Å²) in [5, 5.41) is 1.78. The van der Waals surface area contributed by atoms with Crippen LogP contribution >= 0.6 is 0 Å². The van der Waals surface area contributed by atoms with Gasteiger partial charge in [0.15, 0.2) is 0 Å². The summed E-state index contributed by atoms with van der Waals surface area (Å²) in [5.74, 6) is 6.53. The van der Waals surface area contributed by atoms with Crippen LogP contribution in [0.4, 0.5) is 0 Å². The first-order valence-electron chi connectivity index (χ1n) is 4.05. The molecule has 2 N–H and O–H groups in total. The van der Waals surface area contributed by atoms with E-state index in [9.17, 15) is 8.42 Å². The molecule has 2 heterocycles. The predicted octanol–water partition coefficient (Wildman–Crippen LogP) is -1.75. The Hall–Kier alpha value is -0.170. The third kappa shape index (κ3) is 1.35. The van der Waals surface area contributed by atoms with E-state index in [1.807, 2.05) is 0 Å². The number of hydrogen-bond donors (Lipinski definition) is 2. The van der Waals surface area contributed by atoms with Gasteiger partial charge in [-0.15, -0.1) is 0 Å². The zero-order valence-corrected chi connectivity index (χ0v) is 7.61. The van der Waals surface area contributed by atoms with Crippen molar-refractivity contribution in [3.05, 3.63) is 0 Å². The van der Waals surface area contributed by atoms with E-state index in [1.165, 1.54) is 4.31 Å². The minimum absolute atomic E-state index is 0.461. The predicted molar refractivity (Wildman–Crippen MR) is 44.6 cm³/mol. The molecule has 2 aliphatic rings. The lowest BCUT2D eigenvalue weighted by Crippen LogP contribution is -2.32. The van der Waals surface area contributed by atoms with Crippen LogP contribution in [0.5, 0.6) is 0 Å². The highest BCUT2D eigenvalue weighted by atomic mass is 32.2. The summed E-state index contributed by atoms with van der Waals surface area (Å²) in [6.07, 6.45) is 0. The minimum atomic E-state index is -2.37. The summed E-state index contributed by atoms with van der Waals surface area (Å²) in [6, 6.07) is 0. The highest BCUT2D eigenvalue weighted by molar-refractivity contribution is 7.69. The van der Waals surface area contributed by atoms with E-state index < -0.39 is 10.9 Å². The number of hydrogen-bond acceptors (Lipinski definition) is 4. The van der Waals surface area contributed by atoms with Crippen molar-refractivity contribution in [2.24, 2.45) is 17.7 Å². The third-order valence-corrected chi connectivity index (χ3v) is 3.51. The highest BCUT2D eigenvalue weighted by Crippen LogP contribution is 2.29. The molecule has 0 aromatic carbocycles. The first kappa shape index (κ1) is 8.43. The van der Waals surface area contributed by atoms with E-state index in [1.54, 1.807) is 5.01 Å². The summed E-state index contributed by atoms with van der Waals surface area (Å²) in [5.41, 5.74) is 0. The monoisotopic (exact) mass is 191 g/mol. The Morgan fingerprint density at radius 2 is 1.58 bits per heavy atom. The maximum Gasteiger partial charge on any atom is 0.203 e. The van der Waals surface area contributed by atoms with E-state index in [4.69, 9.17) is 5.84 Å². The van der Waals surface area contributed by atoms with Crippen molar-refractivity contribution >= 4 is 10.9 Å². The van der Waals surface area contributed by atoms with Crippen molar-refractivity contribution in [3.8, 4) is 0 Å². The van der Waals surface area contributed by atoms with Gasteiger partial charge in [0.2, 0.25) is 10.9 Å². The summed E-state index contributed by atoms with van der Waals surface area (Å²) in [6.45, 7) is 3.00. The molecule has 0 aromatic rings. The molecule has 70 valence electrons. The molecule has 2 rings (SSSR count). The maximum atomic E-state index is 10.6. The number of rotatable bonds is 1. The van der Waals surface area contributed by atoms with Crippen LogP contribution in [0.2, 0.25) is 0 Å². The second-order valence-electron chi connectivity index (χ2n) is 3.58. The maximum absolute atomic E-state index is 10.6. The van der Waals surface area contributed by atoms with Gasteiger partial charge in [0.1, 0.15) is 0 Å². The zero-order valence-electron chi connectivity index (χ0n) is 6.72. The topological polar surface area (TPSA) is 66.6 Å². The lowest BCUT2D eigenvalue weighted by molar-refractivity contribution is 0.308. The summed E-state index contributed by atoms with van der Waals surface area (Å²) in [4.78, 5) is 0. The molecule has 2 aliphatic heterocycles. The van der Waals surface area contributed by atoms with E-state index in [2.05, 4.69) is 0 Å². The van der Waals surface area contributed by atoms with Crippen molar-refractivity contribution in [2.45, 2.75) is 0 Å². The Kier molecular flexibility index (Phi) is 2.07. The number of thiol groups is 1. The van der Waals surface area contributed by atoms with Crippen LogP contribution in [-0.2, 0) is 10.9 Å². The molecule has 2 atom stereocenters. The van der Waals surface area contributed by atoms with Gasteiger partial charge in [-0.1, -0.05) is 0 Å². The second-order valence-corrected chi connectivity index (χ2v) is 4.62. The largest absolute Gasteiger partial charge is 0.269 e. The zero-order chi connectivity index (χ0) is 8.72. The number of fused-ring (bicyclic) bond motifs is 1. The van der Waals surface area contributed by atoms with Gasteiger partial charge in [-0.3, -0.25) is 5.84 Å². The SMILES string of the molecule is NN1CC2CN([SH](=O)=O)CC2C1. The standard InChI is InChI=1S/C6H13N3O2S/c7-8-1-5-3-9(12(10)11)4-6(5)2-8/h5-6,12H,1-4,7H2. The lowest BCUT2D eigenvalue weighted by Gasteiger charge is -2.12. The smallest absolute Gasteiger partial charge is 0.203 e. The Balaban J connectivity index is 2.02. The molecule has 2 saturated heterocycles. The molecule has 0 spiro atoms. The number of hydrazine groups is 1. The number of nitrogens with two attached hydrogens (primary N) is 1. The molecule has 0 aliphatic carbocycles. The van der Waals surface area contributed by atoms with Gasteiger partial charge in [-0.05, 0) is 11.8 Å². The molecule has 0 amide bonds. The fourth-order valence-corrected chi connectivity index (χ4v) is 2.82. The molecule has 2 fully saturated rings. The Morgan fingerprint density at radius 1 is 1.08 bits per heavy atom. The summed E-state index contributed by atoms with van der Waals surface area (Å²) < 4.78 is 22.8. The van der Waals surface area contributed by atoms with Crippen LogP contribution in [0.15, 0.2) is 0 Å². The quantitative estimate of drug-likeness (QED) is 0.381. The van der Waals surface area contributed by atoms with Crippen LogP contribution in [-0.4, -0.2) is 43.9 Å². The van der Waals surface area contributed by atoms with E-state index in [0.717, 1.165) is 13.1 Å². The van der Waals surface area contributed by atoms with Crippen molar-refractivity contribution in [2.75, 3.05) is 26.2 Å². The van der Waals surface area contributed by atoms with Crippen molar-refractivity contribution < 1.29 is 8.42 Å². The van der Waals surface area contributed by atoms with Gasteiger partial charge < -0.3 is 0 Å². The van der Waals surface area contributed by atoms with Crippen LogP contribution in [0, 0.1) is 11.8 Å². The van der Waals surface area contributed by atoms with Gasteiger partial charge in [0.05, 0.1) is 0 Å². The van der Waals surface area contributed by atoms with Crippen LogP contribution < -0.4 is 5.84 Å². The van der Waals surface area contributed by atoms with Crippen LogP contribution in [0.25, 0.3) is 0 Å². The molecular weight excluding hydrogens is 178 g/mol. The van der Waals surface area contributed by atoms with Crippen LogP contribution in [0.1, 0.15) is 0 Å². The van der Waals surface area contributed by atoms with Crippen LogP contribution in [0.3, 0.4) is 0 Å². The fourth-order valence-electron chi connectivity index (χ4n) is 2.14. The fraction of sp³-hybridized carbons (Fsp3) is 1.00. The number of nitrogens with zero attached hydrogens (tertiary/aromatic N) is 2. The summed E-state index contributed by atoms with van der Waals surface area (Å²) in [7, 11) is -2.37. The molecule has 0 saturated carbocycles. The van der Waals surface area contributed by atoms with Crippen molar-refractivity contribution in [1.82, 2.24) is 9.31 Å². The molecule has 2 unspecified atom stereocenters. The van der Waals surface area contributed by atoms with Gasteiger partial charge in [0.25, 0.3) is 0 Å². The Labute approximate surface area is 73.2 Å². The normalized spacial score (nSPS) is 37.8. The molecule has 0 radical (unpaired) electrons. The second kappa shape index (κ2) is 2.95. The average Bonchev–Trinajstić information content (AvgIpc) is 2.42. The molecular formula is C6H13N3O2S. The van der Waals surface area contributed by atoms with Gasteiger partial charge in [-0.2, -0.15) is 0 Å². The van der Waals surface area contributed by atoms with E-state index >= 15 is 0 Å². The first-order valence-corrected chi connectivity index (χ1v) is 5.18. The minimum Gasteiger partial charge on any atom is -0.269 e. The van der Waals surface area contributed by atoms with Crippen molar-refractivity contribution in [3.63, 3.8) is 0 Å². The molecule has 12 heavy (non-hydrogen) atoms. The molecule has 0 aromatic heterocycles. The molecule has 6 heteroatoms. The Bertz CT molecular complexity index is 233. The Morgan fingerprint density at radius 3 is 2.00 bits per heavy atom. The lowest BCUT2D eigenvalue weighted by atomic mass is 10.0. The molecule has 5 nitrogen and oxygen atoms in total. The highest BCUT2D eigenvalue weighted by Gasteiger charge is 2.39.